The quantitative estimate of drug-likeness (QED) is 0.555. The summed E-state index contributed by atoms with van der Waals surface area (Å²) in [6.45, 7) is 6.15. The topological polar surface area (TPSA) is 57.5 Å². The number of esters is 1. The highest BCUT2D eigenvalue weighted by Gasteiger charge is 2.27. The van der Waals surface area contributed by atoms with E-state index in [1.165, 1.54) is 0 Å². The second-order valence-corrected chi connectivity index (χ2v) is 5.94. The number of benzene rings is 1. The van der Waals surface area contributed by atoms with Crippen LogP contribution in [0.25, 0.3) is 0 Å². The first kappa shape index (κ1) is 19.1. The smallest absolute Gasteiger partial charge is 0.311 e. The number of hydrogen-bond acceptors (Lipinski definition) is 4. The van der Waals surface area contributed by atoms with E-state index in [0.717, 1.165) is 0 Å². The van der Waals surface area contributed by atoms with Gasteiger partial charge >= 0.3 is 5.97 Å². The van der Waals surface area contributed by atoms with Gasteiger partial charge in [0.2, 0.25) is 5.78 Å². The Morgan fingerprint density at radius 1 is 1.16 bits per heavy atom. The van der Waals surface area contributed by atoms with Crippen molar-refractivity contribution in [1.82, 2.24) is 4.57 Å². The molecule has 134 valence electrons. The van der Waals surface area contributed by atoms with Crippen molar-refractivity contribution in [3.05, 3.63) is 51.8 Å². The van der Waals surface area contributed by atoms with Crippen molar-refractivity contribution in [2.45, 2.75) is 27.2 Å². The van der Waals surface area contributed by atoms with E-state index in [2.05, 4.69) is 0 Å². The number of rotatable bonds is 7. The Morgan fingerprint density at radius 2 is 1.84 bits per heavy atom. The van der Waals surface area contributed by atoms with Crippen LogP contribution in [0.5, 0.6) is 5.75 Å². The summed E-state index contributed by atoms with van der Waals surface area (Å²) in [4.78, 5) is 25.0. The maximum atomic E-state index is 13.0. The second-order valence-electron chi connectivity index (χ2n) is 5.53. The number of aromatic nitrogens is 1. The van der Waals surface area contributed by atoms with Crippen molar-refractivity contribution in [3.63, 3.8) is 0 Å². The number of ether oxygens (including phenoxy) is 2. The zero-order valence-electron chi connectivity index (χ0n) is 14.9. The predicted octanol–water partition coefficient (Wildman–Crippen LogP) is 3.72. The lowest BCUT2D eigenvalue weighted by Gasteiger charge is -2.09. The third-order valence-electron chi connectivity index (χ3n) is 3.94. The summed E-state index contributed by atoms with van der Waals surface area (Å²) in [6.07, 6.45) is 0.0380. The lowest BCUT2D eigenvalue weighted by molar-refractivity contribution is -0.142. The number of nitrogens with zero attached hydrogens (tertiary/aromatic N) is 1. The van der Waals surface area contributed by atoms with Crippen molar-refractivity contribution in [2.24, 2.45) is 7.05 Å². The molecule has 1 heterocycles. The Labute approximate surface area is 152 Å². The third kappa shape index (κ3) is 3.87. The van der Waals surface area contributed by atoms with Crippen molar-refractivity contribution in [2.75, 3.05) is 13.2 Å². The Bertz CT molecular complexity index is 795. The van der Waals surface area contributed by atoms with E-state index in [1.807, 2.05) is 13.8 Å². The van der Waals surface area contributed by atoms with Gasteiger partial charge in [-0.15, -0.1) is 0 Å². The number of ketones is 1. The van der Waals surface area contributed by atoms with Crippen LogP contribution in [0.4, 0.5) is 0 Å². The summed E-state index contributed by atoms with van der Waals surface area (Å²) in [7, 11) is 1.74. The maximum Gasteiger partial charge on any atom is 0.311 e. The lowest BCUT2D eigenvalue weighted by Crippen LogP contribution is -2.14. The van der Waals surface area contributed by atoms with Crippen LogP contribution >= 0.6 is 11.6 Å². The van der Waals surface area contributed by atoms with Crippen LogP contribution in [-0.2, 0) is 23.0 Å². The van der Waals surface area contributed by atoms with E-state index in [1.54, 1.807) is 42.8 Å². The molecule has 2 aromatic rings. The van der Waals surface area contributed by atoms with Gasteiger partial charge in [-0.2, -0.15) is 0 Å². The molecule has 0 bridgehead atoms. The van der Waals surface area contributed by atoms with Gasteiger partial charge < -0.3 is 14.0 Å². The molecule has 1 aromatic carbocycles. The Balaban J connectivity index is 2.54. The molecule has 0 spiro atoms. The van der Waals surface area contributed by atoms with Gasteiger partial charge in [0, 0.05) is 18.2 Å². The maximum absolute atomic E-state index is 13.0. The summed E-state index contributed by atoms with van der Waals surface area (Å²) in [5, 5.41) is 0.387. The van der Waals surface area contributed by atoms with Crippen molar-refractivity contribution in [3.8, 4) is 5.75 Å². The van der Waals surface area contributed by atoms with Crippen LogP contribution in [0, 0.1) is 6.92 Å². The molecule has 0 saturated heterocycles. The van der Waals surface area contributed by atoms with E-state index >= 15 is 0 Å². The Hall–Kier alpha value is -2.27. The molecular formula is C19H22ClNO4. The second kappa shape index (κ2) is 8.21. The molecule has 0 amide bonds. The van der Waals surface area contributed by atoms with Crippen LogP contribution in [0.1, 0.15) is 41.2 Å². The number of carbonyl (C=O) groups excluding carboxylic acids is 2. The zero-order chi connectivity index (χ0) is 18.6. The molecule has 0 saturated carbocycles. The van der Waals surface area contributed by atoms with Gasteiger partial charge in [0.1, 0.15) is 5.75 Å². The minimum atomic E-state index is -0.360. The van der Waals surface area contributed by atoms with E-state index in [4.69, 9.17) is 21.1 Å². The average molecular weight is 364 g/mol. The summed E-state index contributed by atoms with van der Waals surface area (Å²) in [5.41, 5.74) is 2.18. The fraction of sp³-hybridized carbons (Fsp3) is 0.368. The minimum Gasteiger partial charge on any atom is -0.492 e. The highest BCUT2D eigenvalue weighted by Crippen LogP contribution is 2.32. The molecule has 0 fully saturated rings. The monoisotopic (exact) mass is 363 g/mol. The van der Waals surface area contributed by atoms with Crippen LogP contribution in [0.3, 0.4) is 0 Å². The highest BCUT2D eigenvalue weighted by atomic mass is 35.5. The van der Waals surface area contributed by atoms with Gasteiger partial charge in [-0.1, -0.05) is 23.7 Å². The Kier molecular flexibility index (Phi) is 6.26. The van der Waals surface area contributed by atoms with Crippen LogP contribution < -0.4 is 4.74 Å². The fourth-order valence-corrected chi connectivity index (χ4v) is 3.06. The molecule has 1 aromatic heterocycles. The fourth-order valence-electron chi connectivity index (χ4n) is 2.84. The van der Waals surface area contributed by atoms with Gasteiger partial charge in [0.25, 0.3) is 0 Å². The van der Waals surface area contributed by atoms with E-state index in [0.29, 0.717) is 46.5 Å². The lowest BCUT2D eigenvalue weighted by atomic mass is 10.1. The molecule has 6 heteroatoms. The summed E-state index contributed by atoms with van der Waals surface area (Å²) < 4.78 is 12.4. The first-order chi connectivity index (χ1) is 11.9. The van der Waals surface area contributed by atoms with Crippen molar-refractivity contribution >= 4 is 23.4 Å². The van der Waals surface area contributed by atoms with Gasteiger partial charge in [-0.3, -0.25) is 9.59 Å². The molecule has 0 N–H and O–H groups in total. The summed E-state index contributed by atoms with van der Waals surface area (Å²) in [5.74, 6) is -0.0177. The molecule has 0 unspecified atom stereocenters. The zero-order valence-corrected chi connectivity index (χ0v) is 15.6. The van der Waals surface area contributed by atoms with E-state index in [-0.39, 0.29) is 18.2 Å². The minimum absolute atomic E-state index is 0.0380. The number of hydrogen-bond donors (Lipinski definition) is 0. The van der Waals surface area contributed by atoms with E-state index in [9.17, 15) is 9.59 Å². The van der Waals surface area contributed by atoms with Gasteiger partial charge in [0.15, 0.2) is 0 Å². The van der Waals surface area contributed by atoms with E-state index < -0.39 is 0 Å². The van der Waals surface area contributed by atoms with Gasteiger partial charge in [-0.25, -0.2) is 0 Å². The number of carbonyl (C=O) groups is 2. The standard InChI is InChI=1S/C19H22ClNO4/c1-5-24-16(22)11-15-19(25-6-2)12(3)17(21(15)4)18(23)13-9-7-8-10-14(13)20/h7-10H,5-6,11H2,1-4H3. The largest absolute Gasteiger partial charge is 0.492 e. The van der Waals surface area contributed by atoms with Crippen LogP contribution in [-0.4, -0.2) is 29.5 Å². The van der Waals surface area contributed by atoms with Crippen molar-refractivity contribution in [1.29, 1.82) is 0 Å². The SMILES string of the molecule is CCOC(=O)Cc1c(OCC)c(C)c(C(=O)c2ccccc2Cl)n1C. The normalized spacial score (nSPS) is 10.6. The molecule has 0 aliphatic carbocycles. The summed E-state index contributed by atoms with van der Waals surface area (Å²) >= 11 is 6.17. The van der Waals surface area contributed by atoms with Crippen molar-refractivity contribution < 1.29 is 19.1 Å². The van der Waals surface area contributed by atoms with Gasteiger partial charge in [-0.05, 0) is 32.9 Å². The highest BCUT2D eigenvalue weighted by molar-refractivity contribution is 6.35. The molecule has 0 atom stereocenters. The average Bonchev–Trinajstić information content (AvgIpc) is 2.79. The molecule has 0 aliphatic heterocycles. The first-order valence-corrected chi connectivity index (χ1v) is 8.55. The van der Waals surface area contributed by atoms with Gasteiger partial charge in [0.05, 0.1) is 36.0 Å². The molecule has 0 radical (unpaired) electrons. The van der Waals surface area contributed by atoms with Crippen LogP contribution in [0.2, 0.25) is 5.02 Å². The molecule has 0 aliphatic rings. The molecular weight excluding hydrogens is 342 g/mol. The molecule has 2 rings (SSSR count). The third-order valence-corrected chi connectivity index (χ3v) is 4.27. The molecule has 5 nitrogen and oxygen atoms in total. The first-order valence-electron chi connectivity index (χ1n) is 8.18. The molecule has 25 heavy (non-hydrogen) atoms. The predicted molar refractivity (Wildman–Crippen MR) is 96.5 cm³/mol. The van der Waals surface area contributed by atoms with Crippen LogP contribution in [0.15, 0.2) is 24.3 Å². The number of halogens is 1. The Morgan fingerprint density at radius 3 is 2.44 bits per heavy atom. The summed E-state index contributed by atoms with van der Waals surface area (Å²) in [6, 6.07) is 6.90.